The number of anilines is 3. The van der Waals surface area contributed by atoms with Gasteiger partial charge in [0.2, 0.25) is 0 Å². The smallest absolute Gasteiger partial charge is 0.0641 e. The maximum absolute atomic E-state index is 6.46. The number of nitrogens with zero attached hydrogens (tertiary/aromatic N) is 4. The highest BCUT2D eigenvalue weighted by Crippen LogP contribution is 2.45. The van der Waals surface area contributed by atoms with Crippen LogP contribution in [-0.2, 0) is 6.54 Å². The highest BCUT2D eigenvalue weighted by Gasteiger charge is 2.27. The molecule has 11 rings (SSSR count). The van der Waals surface area contributed by atoms with Crippen LogP contribution < -0.4 is 15.5 Å². The topological polar surface area (TPSA) is 42.4 Å². The van der Waals surface area contributed by atoms with Crippen LogP contribution in [0.15, 0.2) is 255 Å². The van der Waals surface area contributed by atoms with Crippen molar-refractivity contribution in [2.75, 3.05) is 9.80 Å². The predicted octanol–water partition coefficient (Wildman–Crippen LogP) is 14.9. The van der Waals surface area contributed by atoms with Crippen LogP contribution in [0.2, 0.25) is 0 Å². The molecule has 2 aliphatic heterocycles. The lowest BCUT2D eigenvalue weighted by molar-refractivity contribution is 0.899. The van der Waals surface area contributed by atoms with E-state index in [4.69, 9.17) is 12.3 Å². The number of benzene rings is 7. The summed E-state index contributed by atoms with van der Waals surface area (Å²) in [5, 5.41) is 4.88. The first-order valence-corrected chi connectivity index (χ1v) is 22.1. The van der Waals surface area contributed by atoms with E-state index in [2.05, 4.69) is 208 Å². The van der Waals surface area contributed by atoms with Gasteiger partial charge >= 0.3 is 0 Å². The van der Waals surface area contributed by atoms with E-state index in [1.54, 1.807) is 0 Å². The van der Waals surface area contributed by atoms with Crippen molar-refractivity contribution in [1.82, 2.24) is 9.13 Å². The lowest BCUT2D eigenvalue weighted by Crippen LogP contribution is -2.24. The zero-order chi connectivity index (χ0) is 43.9. The second kappa shape index (κ2) is 16.6. The van der Waals surface area contributed by atoms with Gasteiger partial charge in [0.25, 0.3) is 0 Å². The summed E-state index contributed by atoms with van der Waals surface area (Å²) in [7, 11) is 0. The molecule has 4 heterocycles. The van der Waals surface area contributed by atoms with Crippen molar-refractivity contribution in [3.8, 4) is 5.69 Å². The number of aromatic nitrogens is 2. The Balaban J connectivity index is 1.07. The second-order valence-corrected chi connectivity index (χ2v) is 16.5. The van der Waals surface area contributed by atoms with Crippen LogP contribution in [0.1, 0.15) is 17.5 Å². The van der Waals surface area contributed by atoms with Crippen molar-refractivity contribution in [3.05, 3.63) is 266 Å². The van der Waals surface area contributed by atoms with Gasteiger partial charge in [-0.3, -0.25) is 0 Å². The monoisotopic (exact) mass is 837 g/mol. The molecule has 312 valence electrons. The van der Waals surface area contributed by atoms with E-state index in [1.807, 2.05) is 42.5 Å². The minimum Gasteiger partial charge on any atom is -0.398 e. The Bertz CT molecular complexity index is 3530. The van der Waals surface area contributed by atoms with Crippen LogP contribution in [0.25, 0.3) is 60.6 Å². The summed E-state index contributed by atoms with van der Waals surface area (Å²) < 4.78 is 4.88. The number of nitrogens with two attached hydrogens (primary N) is 1. The minimum atomic E-state index is 0.692. The molecule has 0 bridgehead atoms. The Labute approximate surface area is 379 Å². The van der Waals surface area contributed by atoms with Gasteiger partial charge in [0, 0.05) is 79.4 Å². The molecular formula is C60H47N5. The van der Waals surface area contributed by atoms with E-state index in [1.165, 1.54) is 38.1 Å². The van der Waals surface area contributed by atoms with Crippen LogP contribution in [-0.4, -0.2) is 9.13 Å². The average molecular weight is 838 g/mol. The first-order valence-electron chi connectivity index (χ1n) is 22.1. The van der Waals surface area contributed by atoms with Crippen molar-refractivity contribution in [1.29, 1.82) is 0 Å². The molecule has 0 amide bonds. The van der Waals surface area contributed by atoms with E-state index in [0.717, 1.165) is 74.1 Å². The molecule has 7 aromatic carbocycles. The van der Waals surface area contributed by atoms with E-state index in [9.17, 15) is 0 Å². The highest BCUT2D eigenvalue weighted by atomic mass is 15.2. The molecule has 5 nitrogen and oxygen atoms in total. The maximum Gasteiger partial charge on any atom is 0.0641 e. The second-order valence-electron chi connectivity index (χ2n) is 16.5. The quantitative estimate of drug-likeness (QED) is 0.163. The van der Waals surface area contributed by atoms with Gasteiger partial charge in [-0.05, 0) is 90.4 Å². The van der Waals surface area contributed by atoms with Crippen molar-refractivity contribution in [2.24, 2.45) is 5.73 Å². The molecule has 2 N–H and O–H groups in total. The molecule has 2 aliphatic rings. The average Bonchev–Trinajstić information content (AvgIpc) is 3.88. The van der Waals surface area contributed by atoms with E-state index < -0.39 is 0 Å². The lowest BCUT2D eigenvalue weighted by Gasteiger charge is -2.34. The molecule has 0 aliphatic carbocycles. The van der Waals surface area contributed by atoms with Crippen molar-refractivity contribution >= 4 is 71.9 Å². The fourth-order valence-electron chi connectivity index (χ4n) is 9.68. The Hall–Kier alpha value is -8.54. The molecule has 2 aromatic heterocycles. The van der Waals surface area contributed by atoms with Gasteiger partial charge in [-0.25, -0.2) is 0 Å². The van der Waals surface area contributed by atoms with Crippen molar-refractivity contribution in [2.45, 2.75) is 13.0 Å². The maximum atomic E-state index is 6.46. The van der Waals surface area contributed by atoms with Gasteiger partial charge in [-0.1, -0.05) is 159 Å². The first kappa shape index (κ1) is 39.3. The summed E-state index contributed by atoms with van der Waals surface area (Å²) in [6.45, 7) is 10.1. The fourth-order valence-corrected chi connectivity index (χ4v) is 9.68. The van der Waals surface area contributed by atoms with Gasteiger partial charge in [-0.15, -0.1) is 0 Å². The van der Waals surface area contributed by atoms with E-state index in [0.29, 0.717) is 6.54 Å². The lowest BCUT2D eigenvalue weighted by atomic mass is 9.93. The van der Waals surface area contributed by atoms with Crippen molar-refractivity contribution < 1.29 is 0 Å². The van der Waals surface area contributed by atoms with E-state index in [-0.39, 0.29) is 0 Å². The van der Waals surface area contributed by atoms with Gasteiger partial charge in [0.1, 0.15) is 0 Å². The van der Waals surface area contributed by atoms with E-state index >= 15 is 0 Å². The molecule has 65 heavy (non-hydrogen) atoms. The Morgan fingerprint density at radius 1 is 0.615 bits per heavy atom. The summed E-state index contributed by atoms with van der Waals surface area (Å²) in [5.41, 5.74) is 22.2. The summed E-state index contributed by atoms with van der Waals surface area (Å²) >= 11 is 0. The first-order chi connectivity index (χ1) is 32.0. The Kier molecular flexibility index (Phi) is 10.1. The molecule has 5 heteroatoms. The third-order valence-electron chi connectivity index (χ3n) is 12.6. The van der Waals surface area contributed by atoms with Gasteiger partial charge in [0.15, 0.2) is 0 Å². The number of allylic oxidation sites excluding steroid dienone is 10. The summed E-state index contributed by atoms with van der Waals surface area (Å²) in [6.07, 6.45) is 19.9. The Morgan fingerprint density at radius 2 is 1.32 bits per heavy atom. The summed E-state index contributed by atoms with van der Waals surface area (Å²) in [5.74, 6) is 0. The number of para-hydroxylation sites is 4. The van der Waals surface area contributed by atoms with Crippen LogP contribution >= 0.6 is 0 Å². The van der Waals surface area contributed by atoms with Gasteiger partial charge < -0.3 is 24.7 Å². The van der Waals surface area contributed by atoms with Crippen LogP contribution in [0.4, 0.5) is 17.1 Å². The predicted molar refractivity (Wildman–Crippen MR) is 276 cm³/mol. The molecule has 0 fully saturated rings. The standard InChI is InChI=1S/C60H47N5/c1-42-21-6-3-9-24-45-38-40-62(54-33-15-12-29-49(54)43(2)59(45)64(42)46-25-10-5-11-26-46)47-27-20-28-48(41-47)65-56-35-17-13-30-50(56)51-36-37-57-58(60(51)65)52-31-14-16-34-55(52)63(57)39-19-18-32-53(61)44-22-7-4-8-23-44/h3-23,25-38,40-41H,1-2,24,39,61H2/b9-3-,19-18-,21-6-,40-38-,53-32-,59-45+. The third kappa shape index (κ3) is 6.91. The SMILES string of the molecule is C=C1/C2=C(\C=C/N(c3cccc(-n4c5ccccc5c5ccc6c(c7ccccc7n6C/C=C\C=C(/N)c6ccccc6)c54)c3)c3ccccc31)C/C=C\C=C/C(=C)N2c1ccccc1. The zero-order valence-corrected chi connectivity index (χ0v) is 36.1. The minimum absolute atomic E-state index is 0.692. The number of hydrogen-bond donors (Lipinski definition) is 1. The van der Waals surface area contributed by atoms with Crippen LogP contribution in [0.5, 0.6) is 0 Å². The third-order valence-corrected chi connectivity index (χ3v) is 12.6. The van der Waals surface area contributed by atoms with Gasteiger partial charge in [-0.2, -0.15) is 0 Å². The fraction of sp³-hybridized carbons (Fsp3) is 0.0333. The molecule has 0 saturated heterocycles. The zero-order valence-electron chi connectivity index (χ0n) is 36.1. The molecular weight excluding hydrogens is 791 g/mol. The largest absolute Gasteiger partial charge is 0.398 e. The Morgan fingerprint density at radius 3 is 2.17 bits per heavy atom. The summed E-state index contributed by atoms with van der Waals surface area (Å²) in [6, 6.07) is 60.2. The molecule has 0 radical (unpaired) electrons. The van der Waals surface area contributed by atoms with Crippen LogP contribution in [0.3, 0.4) is 0 Å². The highest BCUT2D eigenvalue weighted by molar-refractivity contribution is 6.25. The molecule has 0 spiro atoms. The normalized spacial score (nSPS) is 17.2. The number of rotatable bonds is 7. The molecule has 0 unspecified atom stereocenters. The molecule has 0 atom stereocenters. The number of hydrogen-bond acceptors (Lipinski definition) is 3. The van der Waals surface area contributed by atoms with Crippen LogP contribution in [0, 0.1) is 0 Å². The number of fused-ring (bicyclic) bond motifs is 8. The molecule has 9 aromatic rings. The van der Waals surface area contributed by atoms with Crippen molar-refractivity contribution in [3.63, 3.8) is 0 Å². The summed E-state index contributed by atoms with van der Waals surface area (Å²) in [4.78, 5) is 4.55. The van der Waals surface area contributed by atoms with Gasteiger partial charge in [0.05, 0.1) is 27.9 Å². The molecule has 0 saturated carbocycles.